The fraction of sp³-hybridized carbons (Fsp3) is 0.400. The van der Waals surface area contributed by atoms with Gasteiger partial charge in [0.05, 0.1) is 12.6 Å². The van der Waals surface area contributed by atoms with E-state index in [1.807, 2.05) is 47.4 Å². The van der Waals surface area contributed by atoms with Crippen molar-refractivity contribution in [2.45, 2.75) is 18.9 Å². The van der Waals surface area contributed by atoms with Gasteiger partial charge in [-0.15, -0.1) is 0 Å². The third-order valence-corrected chi connectivity index (χ3v) is 5.01. The van der Waals surface area contributed by atoms with Crippen LogP contribution in [0.4, 0.5) is 0 Å². The molecule has 1 saturated heterocycles. The Morgan fingerprint density at radius 3 is 2.54 bits per heavy atom. The number of nitrogens with one attached hydrogen (secondary N) is 1. The number of hydrogen-bond acceptors (Lipinski definition) is 4. The second kappa shape index (κ2) is 8.29. The SMILES string of the molecule is NC(=O)C1CCN(CC(=O)NCC(O)c2ccc3ccccc3c2)CC1. The molecule has 4 N–H and O–H groups in total. The fourth-order valence-corrected chi connectivity index (χ4v) is 3.38. The maximum Gasteiger partial charge on any atom is 0.234 e. The van der Waals surface area contributed by atoms with Crippen molar-refractivity contribution >= 4 is 22.6 Å². The van der Waals surface area contributed by atoms with Crippen molar-refractivity contribution in [3.8, 4) is 0 Å². The van der Waals surface area contributed by atoms with E-state index in [0.29, 0.717) is 25.9 Å². The van der Waals surface area contributed by atoms with Crippen molar-refractivity contribution < 1.29 is 14.7 Å². The first-order valence-electron chi connectivity index (χ1n) is 8.98. The molecule has 0 saturated carbocycles. The Hall–Kier alpha value is -2.44. The lowest BCUT2D eigenvalue weighted by molar-refractivity contribution is -0.124. The number of hydrogen-bond donors (Lipinski definition) is 3. The highest BCUT2D eigenvalue weighted by Crippen LogP contribution is 2.20. The lowest BCUT2D eigenvalue weighted by Crippen LogP contribution is -2.44. The molecule has 6 nitrogen and oxygen atoms in total. The number of nitrogens with two attached hydrogens (primary N) is 1. The monoisotopic (exact) mass is 355 g/mol. The Morgan fingerprint density at radius 1 is 1.15 bits per heavy atom. The van der Waals surface area contributed by atoms with E-state index in [9.17, 15) is 14.7 Å². The number of piperidine rings is 1. The molecule has 6 heteroatoms. The van der Waals surface area contributed by atoms with Gasteiger partial charge in [-0.3, -0.25) is 14.5 Å². The summed E-state index contributed by atoms with van der Waals surface area (Å²) in [6, 6.07) is 13.8. The first kappa shape index (κ1) is 18.4. The summed E-state index contributed by atoms with van der Waals surface area (Å²) >= 11 is 0. The topological polar surface area (TPSA) is 95.7 Å². The molecule has 0 bridgehead atoms. The maximum atomic E-state index is 12.1. The molecule has 1 atom stereocenters. The number of aliphatic hydroxyl groups excluding tert-OH is 1. The summed E-state index contributed by atoms with van der Waals surface area (Å²) in [6.45, 7) is 1.83. The summed E-state index contributed by atoms with van der Waals surface area (Å²) in [6.07, 6.45) is 0.647. The van der Waals surface area contributed by atoms with Crippen LogP contribution in [0.15, 0.2) is 42.5 Å². The smallest absolute Gasteiger partial charge is 0.234 e. The number of nitrogens with zero attached hydrogens (tertiary/aromatic N) is 1. The van der Waals surface area contributed by atoms with Gasteiger partial charge in [0, 0.05) is 12.5 Å². The van der Waals surface area contributed by atoms with Crippen LogP contribution in [0.2, 0.25) is 0 Å². The van der Waals surface area contributed by atoms with Crippen LogP contribution in [-0.4, -0.2) is 48.0 Å². The fourth-order valence-electron chi connectivity index (χ4n) is 3.38. The second-order valence-electron chi connectivity index (χ2n) is 6.88. The van der Waals surface area contributed by atoms with Gasteiger partial charge < -0.3 is 16.2 Å². The van der Waals surface area contributed by atoms with Crippen LogP contribution in [0, 0.1) is 5.92 Å². The average molecular weight is 355 g/mol. The molecule has 2 aromatic rings. The molecule has 0 aromatic heterocycles. The number of benzene rings is 2. The van der Waals surface area contributed by atoms with Crippen LogP contribution >= 0.6 is 0 Å². The molecule has 2 amide bonds. The van der Waals surface area contributed by atoms with E-state index in [0.717, 1.165) is 16.3 Å². The second-order valence-corrected chi connectivity index (χ2v) is 6.88. The average Bonchev–Trinajstić information content (AvgIpc) is 2.66. The number of fused-ring (bicyclic) bond motifs is 1. The van der Waals surface area contributed by atoms with Gasteiger partial charge in [-0.05, 0) is 48.3 Å². The van der Waals surface area contributed by atoms with Crippen molar-refractivity contribution in [3.63, 3.8) is 0 Å². The Bertz CT molecular complexity index is 785. The molecular formula is C20H25N3O3. The van der Waals surface area contributed by atoms with E-state index in [4.69, 9.17) is 5.73 Å². The number of amides is 2. The number of aliphatic hydroxyl groups is 1. The molecule has 1 aliphatic heterocycles. The van der Waals surface area contributed by atoms with Crippen molar-refractivity contribution in [2.75, 3.05) is 26.2 Å². The van der Waals surface area contributed by atoms with Gasteiger partial charge in [0.25, 0.3) is 0 Å². The van der Waals surface area contributed by atoms with E-state index in [2.05, 4.69) is 5.32 Å². The zero-order valence-electron chi connectivity index (χ0n) is 14.7. The molecule has 0 spiro atoms. The zero-order valence-corrected chi connectivity index (χ0v) is 14.7. The number of likely N-dealkylation sites (tertiary alicyclic amines) is 1. The van der Waals surface area contributed by atoms with Gasteiger partial charge >= 0.3 is 0 Å². The number of carbonyl (C=O) groups is 2. The van der Waals surface area contributed by atoms with Crippen LogP contribution in [0.5, 0.6) is 0 Å². The molecule has 1 unspecified atom stereocenters. The highest BCUT2D eigenvalue weighted by atomic mass is 16.3. The summed E-state index contributed by atoms with van der Waals surface area (Å²) in [5.74, 6) is -0.459. The molecule has 1 fully saturated rings. The molecule has 1 heterocycles. The van der Waals surface area contributed by atoms with Crippen molar-refractivity contribution in [1.82, 2.24) is 10.2 Å². The van der Waals surface area contributed by atoms with Crippen molar-refractivity contribution in [3.05, 3.63) is 48.0 Å². The van der Waals surface area contributed by atoms with Gasteiger partial charge in [-0.2, -0.15) is 0 Å². The Morgan fingerprint density at radius 2 is 1.85 bits per heavy atom. The van der Waals surface area contributed by atoms with Crippen LogP contribution in [0.25, 0.3) is 10.8 Å². The minimum Gasteiger partial charge on any atom is -0.387 e. The van der Waals surface area contributed by atoms with Gasteiger partial charge in [0.2, 0.25) is 11.8 Å². The van der Waals surface area contributed by atoms with E-state index < -0.39 is 6.10 Å². The normalized spacial score (nSPS) is 17.1. The molecular weight excluding hydrogens is 330 g/mol. The molecule has 0 radical (unpaired) electrons. The molecule has 3 rings (SSSR count). The Kier molecular flexibility index (Phi) is 5.85. The highest BCUT2D eigenvalue weighted by molar-refractivity contribution is 5.83. The van der Waals surface area contributed by atoms with Crippen molar-refractivity contribution in [1.29, 1.82) is 0 Å². The first-order chi connectivity index (χ1) is 12.5. The maximum absolute atomic E-state index is 12.1. The molecule has 26 heavy (non-hydrogen) atoms. The van der Waals surface area contributed by atoms with Crippen LogP contribution < -0.4 is 11.1 Å². The number of carbonyl (C=O) groups excluding carboxylic acids is 2. The van der Waals surface area contributed by atoms with E-state index in [1.54, 1.807) is 0 Å². The van der Waals surface area contributed by atoms with Gasteiger partial charge in [0.15, 0.2) is 0 Å². The molecule has 138 valence electrons. The third-order valence-electron chi connectivity index (χ3n) is 5.01. The predicted octanol–water partition coefficient (Wildman–Crippen LogP) is 1.19. The third kappa shape index (κ3) is 4.59. The standard InChI is InChI=1S/C20H25N3O3/c21-20(26)15-7-9-23(10-8-15)13-19(25)22-12-18(24)17-6-5-14-3-1-2-4-16(14)11-17/h1-6,11,15,18,24H,7-10,12-13H2,(H2,21,26)(H,22,25). The summed E-state index contributed by atoms with van der Waals surface area (Å²) < 4.78 is 0. The van der Waals surface area contributed by atoms with Gasteiger partial charge in [-0.25, -0.2) is 0 Å². The van der Waals surface area contributed by atoms with Crippen molar-refractivity contribution in [2.24, 2.45) is 11.7 Å². The summed E-state index contributed by atoms with van der Waals surface area (Å²) in [5.41, 5.74) is 6.10. The lowest BCUT2D eigenvalue weighted by Gasteiger charge is -2.29. The number of rotatable bonds is 6. The highest BCUT2D eigenvalue weighted by Gasteiger charge is 2.24. The van der Waals surface area contributed by atoms with Crippen LogP contribution in [-0.2, 0) is 9.59 Å². The predicted molar refractivity (Wildman–Crippen MR) is 100 cm³/mol. The summed E-state index contributed by atoms with van der Waals surface area (Å²) in [7, 11) is 0. The van der Waals surface area contributed by atoms with Crippen LogP contribution in [0.3, 0.4) is 0 Å². The van der Waals surface area contributed by atoms with E-state index in [1.165, 1.54) is 0 Å². The minimum absolute atomic E-state index is 0.0796. The van der Waals surface area contributed by atoms with Gasteiger partial charge in [0.1, 0.15) is 0 Å². The Balaban J connectivity index is 1.47. The zero-order chi connectivity index (χ0) is 18.5. The largest absolute Gasteiger partial charge is 0.387 e. The minimum atomic E-state index is -0.746. The Labute approximate surface area is 153 Å². The molecule has 0 aliphatic carbocycles. The van der Waals surface area contributed by atoms with E-state index >= 15 is 0 Å². The van der Waals surface area contributed by atoms with Gasteiger partial charge in [-0.1, -0.05) is 36.4 Å². The lowest BCUT2D eigenvalue weighted by atomic mass is 9.96. The molecule has 1 aliphatic rings. The molecule has 2 aromatic carbocycles. The summed E-state index contributed by atoms with van der Waals surface area (Å²) in [4.78, 5) is 25.3. The van der Waals surface area contributed by atoms with Crippen LogP contribution in [0.1, 0.15) is 24.5 Å². The first-order valence-corrected chi connectivity index (χ1v) is 8.98. The summed E-state index contributed by atoms with van der Waals surface area (Å²) in [5, 5.41) is 15.3. The quantitative estimate of drug-likeness (QED) is 0.725. The van der Waals surface area contributed by atoms with E-state index in [-0.39, 0.29) is 30.8 Å². The number of primary amides is 1.